The van der Waals surface area contributed by atoms with Gasteiger partial charge in [0, 0.05) is 31.9 Å². The molecule has 0 aliphatic heterocycles. The fraction of sp³-hybridized carbons (Fsp3) is 0.294. The van der Waals surface area contributed by atoms with Gasteiger partial charge in [0.25, 0.3) is 0 Å². The number of benzene rings is 1. The van der Waals surface area contributed by atoms with Gasteiger partial charge in [-0.15, -0.1) is 0 Å². The molecular weight excluding hydrogens is 262 g/mol. The smallest absolute Gasteiger partial charge is 0.221 e. The number of nitrogens with zero attached hydrogens (tertiary/aromatic N) is 1. The number of aryl methyl sites for hydroxylation is 1. The molecule has 0 aliphatic rings. The number of amides is 1. The molecule has 2 aromatic rings. The summed E-state index contributed by atoms with van der Waals surface area (Å²) in [6.45, 7) is 5.06. The lowest BCUT2D eigenvalue weighted by molar-refractivity contribution is -0.114. The highest BCUT2D eigenvalue weighted by atomic mass is 16.1. The van der Waals surface area contributed by atoms with Crippen molar-refractivity contribution in [1.82, 2.24) is 10.3 Å². The Labute approximate surface area is 125 Å². The third-order valence-corrected chi connectivity index (χ3v) is 3.30. The summed E-state index contributed by atoms with van der Waals surface area (Å²) in [7, 11) is 0. The lowest BCUT2D eigenvalue weighted by Gasteiger charge is -2.12. The number of carbonyl (C=O) groups excluding carboxylic acids is 1. The van der Waals surface area contributed by atoms with Crippen LogP contribution in [0.2, 0.25) is 0 Å². The quantitative estimate of drug-likeness (QED) is 0.857. The molecule has 0 fully saturated rings. The molecule has 110 valence electrons. The molecule has 1 heterocycles. The lowest BCUT2D eigenvalue weighted by Crippen LogP contribution is -2.17. The van der Waals surface area contributed by atoms with Crippen LogP contribution < -0.4 is 10.6 Å². The molecule has 0 saturated heterocycles. The van der Waals surface area contributed by atoms with Gasteiger partial charge in [-0.1, -0.05) is 31.2 Å². The van der Waals surface area contributed by atoms with Crippen LogP contribution in [0.5, 0.6) is 0 Å². The fourth-order valence-electron chi connectivity index (χ4n) is 2.25. The molecule has 0 bridgehead atoms. The van der Waals surface area contributed by atoms with Gasteiger partial charge >= 0.3 is 0 Å². The minimum Gasteiger partial charge on any atom is -0.326 e. The molecule has 0 radical (unpaired) electrons. The van der Waals surface area contributed by atoms with E-state index in [1.165, 1.54) is 12.5 Å². The Morgan fingerprint density at radius 2 is 1.86 bits per heavy atom. The van der Waals surface area contributed by atoms with E-state index < -0.39 is 0 Å². The number of carbonyl (C=O) groups is 1. The second-order valence-electron chi connectivity index (χ2n) is 4.90. The first kappa shape index (κ1) is 15.2. The maximum Gasteiger partial charge on any atom is 0.221 e. The first-order valence-electron chi connectivity index (χ1n) is 7.19. The van der Waals surface area contributed by atoms with Crippen molar-refractivity contribution in [3.63, 3.8) is 0 Å². The molecular formula is C17H21N3O. The van der Waals surface area contributed by atoms with E-state index >= 15 is 0 Å². The highest BCUT2D eigenvalue weighted by Gasteiger charge is 2.04. The number of anilines is 1. The molecule has 0 spiro atoms. The van der Waals surface area contributed by atoms with Gasteiger partial charge in [0.1, 0.15) is 0 Å². The molecule has 21 heavy (non-hydrogen) atoms. The van der Waals surface area contributed by atoms with Gasteiger partial charge in [-0.25, -0.2) is 0 Å². The molecule has 1 aromatic carbocycles. The van der Waals surface area contributed by atoms with Crippen LogP contribution in [0.25, 0.3) is 0 Å². The summed E-state index contributed by atoms with van der Waals surface area (Å²) in [5, 5.41) is 6.24. The van der Waals surface area contributed by atoms with E-state index in [0.717, 1.165) is 29.9 Å². The minimum atomic E-state index is -0.0551. The predicted molar refractivity (Wildman–Crippen MR) is 84.9 cm³/mol. The summed E-state index contributed by atoms with van der Waals surface area (Å²) < 4.78 is 0. The van der Waals surface area contributed by atoms with Crippen LogP contribution in [-0.2, 0) is 24.3 Å². The first-order chi connectivity index (χ1) is 10.2. The first-order valence-corrected chi connectivity index (χ1v) is 7.19. The minimum absolute atomic E-state index is 0.0551. The van der Waals surface area contributed by atoms with Crippen molar-refractivity contribution in [3.8, 4) is 0 Å². The maximum atomic E-state index is 11.2. The van der Waals surface area contributed by atoms with E-state index in [0.29, 0.717) is 6.54 Å². The van der Waals surface area contributed by atoms with Crippen LogP contribution in [0.1, 0.15) is 30.7 Å². The Kier molecular flexibility index (Phi) is 5.46. The van der Waals surface area contributed by atoms with Gasteiger partial charge in [0.15, 0.2) is 0 Å². The Bertz CT molecular complexity index is 610. The van der Waals surface area contributed by atoms with Gasteiger partial charge in [-0.2, -0.15) is 0 Å². The molecule has 0 atom stereocenters. The number of hydrogen-bond acceptors (Lipinski definition) is 3. The van der Waals surface area contributed by atoms with Crippen molar-refractivity contribution >= 4 is 11.6 Å². The second kappa shape index (κ2) is 7.55. The van der Waals surface area contributed by atoms with Gasteiger partial charge in [0.05, 0.1) is 5.69 Å². The molecule has 4 nitrogen and oxygen atoms in total. The summed E-state index contributed by atoms with van der Waals surface area (Å²) in [6, 6.07) is 11.9. The van der Waals surface area contributed by atoms with Crippen LogP contribution in [-0.4, -0.2) is 10.9 Å². The van der Waals surface area contributed by atoms with Crippen LogP contribution in [0.3, 0.4) is 0 Å². The van der Waals surface area contributed by atoms with Crippen molar-refractivity contribution in [1.29, 1.82) is 0 Å². The fourth-order valence-corrected chi connectivity index (χ4v) is 2.25. The van der Waals surface area contributed by atoms with E-state index in [-0.39, 0.29) is 5.91 Å². The van der Waals surface area contributed by atoms with Gasteiger partial charge in [-0.05, 0) is 29.7 Å². The standard InChI is InChI=1S/C17H21N3O/c1-3-14-8-6-10-19-17(14)12-18-11-15-7-4-5-9-16(15)20-13(2)21/h4-10,18H,3,11-12H2,1-2H3,(H,20,21). The number of rotatable bonds is 6. The van der Waals surface area contributed by atoms with E-state index in [4.69, 9.17) is 0 Å². The number of nitrogens with one attached hydrogen (secondary N) is 2. The Morgan fingerprint density at radius 1 is 1.10 bits per heavy atom. The molecule has 4 heteroatoms. The van der Waals surface area contributed by atoms with Crippen molar-refractivity contribution < 1.29 is 4.79 Å². The normalized spacial score (nSPS) is 10.4. The van der Waals surface area contributed by atoms with E-state index in [1.54, 1.807) is 0 Å². The molecule has 0 saturated carbocycles. The van der Waals surface area contributed by atoms with Crippen molar-refractivity contribution in [2.75, 3.05) is 5.32 Å². The van der Waals surface area contributed by atoms with Crippen molar-refractivity contribution in [3.05, 3.63) is 59.4 Å². The summed E-state index contributed by atoms with van der Waals surface area (Å²) in [5.74, 6) is -0.0551. The molecule has 1 amide bonds. The maximum absolute atomic E-state index is 11.2. The van der Waals surface area contributed by atoms with Crippen LogP contribution in [0.4, 0.5) is 5.69 Å². The summed E-state index contributed by atoms with van der Waals surface area (Å²) in [6.07, 6.45) is 2.80. The molecule has 2 N–H and O–H groups in total. The Hall–Kier alpha value is -2.20. The van der Waals surface area contributed by atoms with E-state index in [9.17, 15) is 4.79 Å². The predicted octanol–water partition coefficient (Wildman–Crippen LogP) is 2.89. The molecule has 1 aromatic heterocycles. The summed E-state index contributed by atoms with van der Waals surface area (Å²) >= 11 is 0. The summed E-state index contributed by atoms with van der Waals surface area (Å²) in [4.78, 5) is 15.6. The zero-order chi connectivity index (χ0) is 15.1. The number of hydrogen-bond donors (Lipinski definition) is 2. The Morgan fingerprint density at radius 3 is 2.62 bits per heavy atom. The molecule has 2 rings (SSSR count). The van der Waals surface area contributed by atoms with Gasteiger partial charge in [0.2, 0.25) is 5.91 Å². The van der Waals surface area contributed by atoms with Crippen LogP contribution >= 0.6 is 0 Å². The summed E-state index contributed by atoms with van der Waals surface area (Å²) in [5.41, 5.74) is 4.27. The van der Waals surface area contributed by atoms with Gasteiger partial charge < -0.3 is 10.6 Å². The van der Waals surface area contributed by atoms with Crippen molar-refractivity contribution in [2.24, 2.45) is 0 Å². The lowest BCUT2D eigenvalue weighted by atomic mass is 10.1. The molecule has 0 unspecified atom stereocenters. The highest BCUT2D eigenvalue weighted by Crippen LogP contribution is 2.15. The third-order valence-electron chi connectivity index (χ3n) is 3.30. The van der Waals surface area contributed by atoms with Gasteiger partial charge in [-0.3, -0.25) is 9.78 Å². The Balaban J connectivity index is 1.99. The topological polar surface area (TPSA) is 54.0 Å². The average molecular weight is 283 g/mol. The number of para-hydroxylation sites is 1. The monoisotopic (exact) mass is 283 g/mol. The third kappa shape index (κ3) is 4.39. The average Bonchev–Trinajstić information content (AvgIpc) is 2.49. The SMILES string of the molecule is CCc1cccnc1CNCc1ccccc1NC(C)=O. The molecule has 0 aliphatic carbocycles. The highest BCUT2D eigenvalue weighted by molar-refractivity contribution is 5.89. The van der Waals surface area contributed by atoms with Crippen molar-refractivity contribution in [2.45, 2.75) is 33.4 Å². The number of aromatic nitrogens is 1. The van der Waals surface area contributed by atoms with E-state index in [2.05, 4.69) is 28.6 Å². The van der Waals surface area contributed by atoms with Crippen LogP contribution in [0.15, 0.2) is 42.6 Å². The van der Waals surface area contributed by atoms with E-state index in [1.807, 2.05) is 36.5 Å². The second-order valence-corrected chi connectivity index (χ2v) is 4.90. The largest absolute Gasteiger partial charge is 0.326 e. The van der Waals surface area contributed by atoms with Crippen LogP contribution in [0, 0.1) is 0 Å². The number of pyridine rings is 1. The zero-order valence-corrected chi connectivity index (χ0v) is 12.5. The zero-order valence-electron chi connectivity index (χ0n) is 12.5.